The quantitative estimate of drug-likeness (QED) is 0.874. The van der Waals surface area contributed by atoms with Crippen molar-refractivity contribution in [3.05, 3.63) is 35.2 Å². The highest BCUT2D eigenvalue weighted by Gasteiger charge is 2.36. The van der Waals surface area contributed by atoms with Gasteiger partial charge >= 0.3 is 0 Å². The Morgan fingerprint density at radius 1 is 1.30 bits per heavy atom. The van der Waals surface area contributed by atoms with Gasteiger partial charge in [-0.05, 0) is 42.8 Å². The molecule has 20 heavy (non-hydrogen) atoms. The molecule has 3 nitrogen and oxygen atoms in total. The Kier molecular flexibility index (Phi) is 3.00. The molecule has 2 unspecified atom stereocenters. The molecule has 1 N–H and O–H groups in total. The number of fused-ring (bicyclic) bond motifs is 2. The van der Waals surface area contributed by atoms with E-state index in [1.807, 2.05) is 23.1 Å². The molecule has 3 heterocycles. The molecular weight excluding hydrogens is 268 g/mol. The first-order valence-corrected chi connectivity index (χ1v) is 8.14. The van der Waals surface area contributed by atoms with E-state index in [9.17, 15) is 4.79 Å². The van der Waals surface area contributed by atoms with Crippen LogP contribution in [-0.4, -0.2) is 36.5 Å². The van der Waals surface area contributed by atoms with E-state index >= 15 is 0 Å². The molecule has 104 valence electrons. The number of carbonyl (C=O) groups is 1. The van der Waals surface area contributed by atoms with Crippen LogP contribution in [-0.2, 0) is 0 Å². The van der Waals surface area contributed by atoms with Gasteiger partial charge in [-0.1, -0.05) is 18.2 Å². The largest absolute Gasteiger partial charge is 0.336 e. The van der Waals surface area contributed by atoms with Gasteiger partial charge in [0.2, 0.25) is 0 Å². The molecule has 1 amide bonds. The molecule has 0 saturated carbocycles. The second-order valence-corrected chi connectivity index (χ2v) is 6.91. The molecule has 4 heteroatoms. The second-order valence-electron chi connectivity index (χ2n) is 5.82. The number of thiophene rings is 1. The van der Waals surface area contributed by atoms with E-state index in [4.69, 9.17) is 0 Å². The van der Waals surface area contributed by atoms with Crippen LogP contribution in [0.1, 0.15) is 22.5 Å². The number of nitrogens with one attached hydrogen (secondary N) is 1. The standard InChI is InChI=1S/C16H18N2OS/c19-16(15-8-11-4-1-2-6-14(11)20-15)18-9-12-5-3-7-17-13(12)10-18/h1-2,4,6,8,12-13,17H,3,5,7,9-10H2. The lowest BCUT2D eigenvalue weighted by atomic mass is 9.94. The van der Waals surface area contributed by atoms with Gasteiger partial charge in [-0.25, -0.2) is 0 Å². The summed E-state index contributed by atoms with van der Waals surface area (Å²) in [4.78, 5) is 15.6. The molecule has 2 saturated heterocycles. The van der Waals surface area contributed by atoms with E-state index < -0.39 is 0 Å². The zero-order valence-electron chi connectivity index (χ0n) is 11.3. The minimum absolute atomic E-state index is 0.211. The molecule has 2 fully saturated rings. The fourth-order valence-electron chi connectivity index (χ4n) is 3.46. The first kappa shape index (κ1) is 12.4. The lowest BCUT2D eigenvalue weighted by molar-refractivity contribution is 0.0790. The van der Waals surface area contributed by atoms with Crippen molar-refractivity contribution in [2.24, 2.45) is 5.92 Å². The normalized spacial score (nSPS) is 25.9. The predicted octanol–water partition coefficient (Wildman–Crippen LogP) is 2.73. The minimum Gasteiger partial charge on any atom is -0.336 e. The number of piperidine rings is 1. The predicted molar refractivity (Wildman–Crippen MR) is 82.2 cm³/mol. The number of amides is 1. The molecule has 0 spiro atoms. The van der Waals surface area contributed by atoms with Crippen LogP contribution >= 0.6 is 11.3 Å². The average Bonchev–Trinajstić information content (AvgIpc) is 3.10. The molecule has 0 bridgehead atoms. The Morgan fingerprint density at radius 2 is 2.20 bits per heavy atom. The highest BCUT2D eigenvalue weighted by atomic mass is 32.1. The molecule has 2 aliphatic rings. The van der Waals surface area contributed by atoms with Gasteiger partial charge in [-0.2, -0.15) is 0 Å². The van der Waals surface area contributed by atoms with Crippen molar-refractivity contribution in [2.75, 3.05) is 19.6 Å². The van der Waals surface area contributed by atoms with Crippen molar-refractivity contribution in [1.29, 1.82) is 0 Å². The molecular formula is C16H18N2OS. The molecule has 4 rings (SSSR count). The number of hydrogen-bond acceptors (Lipinski definition) is 3. The van der Waals surface area contributed by atoms with Gasteiger partial charge in [-0.3, -0.25) is 4.79 Å². The van der Waals surface area contributed by atoms with Gasteiger partial charge in [0.25, 0.3) is 5.91 Å². The monoisotopic (exact) mass is 286 g/mol. The third-order valence-electron chi connectivity index (χ3n) is 4.52. The summed E-state index contributed by atoms with van der Waals surface area (Å²) in [5.41, 5.74) is 0. The molecule has 0 aliphatic carbocycles. The maximum absolute atomic E-state index is 12.7. The Morgan fingerprint density at radius 3 is 3.05 bits per heavy atom. The number of nitrogens with zero attached hydrogens (tertiary/aromatic N) is 1. The van der Waals surface area contributed by atoms with Crippen molar-refractivity contribution in [1.82, 2.24) is 10.2 Å². The van der Waals surface area contributed by atoms with Gasteiger partial charge in [-0.15, -0.1) is 11.3 Å². The molecule has 1 aromatic heterocycles. The fourth-order valence-corrected chi connectivity index (χ4v) is 4.49. The molecule has 2 atom stereocenters. The van der Waals surface area contributed by atoms with E-state index in [1.54, 1.807) is 11.3 Å². The third-order valence-corrected chi connectivity index (χ3v) is 5.63. The van der Waals surface area contributed by atoms with Crippen LogP contribution in [0.15, 0.2) is 30.3 Å². The summed E-state index contributed by atoms with van der Waals surface area (Å²) in [6.45, 7) is 2.90. The Labute approximate surface area is 122 Å². The Hall–Kier alpha value is -1.39. The summed E-state index contributed by atoms with van der Waals surface area (Å²) in [5.74, 6) is 0.865. The Bertz CT molecular complexity index is 604. The first-order valence-electron chi connectivity index (χ1n) is 7.32. The highest BCUT2D eigenvalue weighted by Crippen LogP contribution is 2.30. The smallest absolute Gasteiger partial charge is 0.264 e. The lowest BCUT2D eigenvalue weighted by Gasteiger charge is -2.24. The zero-order valence-corrected chi connectivity index (χ0v) is 12.2. The Balaban J connectivity index is 1.58. The van der Waals surface area contributed by atoms with Crippen LogP contribution in [0.4, 0.5) is 0 Å². The van der Waals surface area contributed by atoms with Gasteiger partial charge in [0, 0.05) is 23.8 Å². The van der Waals surface area contributed by atoms with Crippen LogP contribution in [0.25, 0.3) is 10.1 Å². The average molecular weight is 286 g/mol. The van der Waals surface area contributed by atoms with E-state index in [-0.39, 0.29) is 5.91 Å². The third kappa shape index (κ3) is 2.03. The number of carbonyl (C=O) groups excluding carboxylic acids is 1. The van der Waals surface area contributed by atoms with Crippen molar-refractivity contribution in [3.63, 3.8) is 0 Å². The summed E-state index contributed by atoms with van der Waals surface area (Å²) < 4.78 is 1.20. The van der Waals surface area contributed by atoms with Crippen molar-refractivity contribution < 1.29 is 4.79 Å². The summed E-state index contributed by atoms with van der Waals surface area (Å²) >= 11 is 1.61. The van der Waals surface area contributed by atoms with E-state index in [1.165, 1.54) is 22.9 Å². The summed E-state index contributed by atoms with van der Waals surface area (Å²) in [6, 6.07) is 10.8. The molecule has 2 aromatic rings. The summed E-state index contributed by atoms with van der Waals surface area (Å²) in [6.07, 6.45) is 2.50. The summed E-state index contributed by atoms with van der Waals surface area (Å²) in [7, 11) is 0. The van der Waals surface area contributed by atoms with Gasteiger partial charge < -0.3 is 10.2 Å². The summed E-state index contributed by atoms with van der Waals surface area (Å²) in [5, 5.41) is 4.73. The van der Waals surface area contributed by atoms with Crippen molar-refractivity contribution in [2.45, 2.75) is 18.9 Å². The maximum Gasteiger partial charge on any atom is 0.264 e. The zero-order chi connectivity index (χ0) is 13.5. The number of likely N-dealkylation sites (tertiary alicyclic amines) is 1. The van der Waals surface area contributed by atoms with Crippen LogP contribution in [0.3, 0.4) is 0 Å². The molecule has 0 radical (unpaired) electrons. The second kappa shape index (κ2) is 4.86. The molecule has 2 aliphatic heterocycles. The van der Waals surface area contributed by atoms with Crippen molar-refractivity contribution in [3.8, 4) is 0 Å². The fraction of sp³-hybridized carbons (Fsp3) is 0.438. The van der Waals surface area contributed by atoms with Gasteiger partial charge in [0.15, 0.2) is 0 Å². The van der Waals surface area contributed by atoms with E-state index in [2.05, 4.69) is 17.4 Å². The van der Waals surface area contributed by atoms with Gasteiger partial charge in [0.05, 0.1) is 4.88 Å². The van der Waals surface area contributed by atoms with Crippen LogP contribution < -0.4 is 5.32 Å². The van der Waals surface area contributed by atoms with Crippen LogP contribution in [0, 0.1) is 5.92 Å². The van der Waals surface area contributed by atoms with E-state index in [0.717, 1.165) is 24.5 Å². The van der Waals surface area contributed by atoms with Crippen LogP contribution in [0.5, 0.6) is 0 Å². The SMILES string of the molecule is O=C(c1cc2ccccc2s1)N1CC2CCCNC2C1. The van der Waals surface area contributed by atoms with Gasteiger partial charge in [0.1, 0.15) is 0 Å². The first-order chi connectivity index (χ1) is 9.81. The maximum atomic E-state index is 12.7. The van der Waals surface area contributed by atoms with E-state index in [0.29, 0.717) is 12.0 Å². The van der Waals surface area contributed by atoms with Crippen molar-refractivity contribution >= 4 is 27.3 Å². The number of hydrogen-bond donors (Lipinski definition) is 1. The van der Waals surface area contributed by atoms with Crippen LogP contribution in [0.2, 0.25) is 0 Å². The molecule has 1 aromatic carbocycles. The topological polar surface area (TPSA) is 32.3 Å². The lowest BCUT2D eigenvalue weighted by Crippen LogP contribution is -2.41. The highest BCUT2D eigenvalue weighted by molar-refractivity contribution is 7.20. The minimum atomic E-state index is 0.211. The number of rotatable bonds is 1. The number of benzene rings is 1.